The molecule has 1 aromatic rings. The first kappa shape index (κ1) is 10.5. The van der Waals surface area contributed by atoms with Crippen molar-refractivity contribution in [2.45, 2.75) is 13.0 Å². The Balaban J connectivity index is 2.47. The van der Waals surface area contributed by atoms with Crippen LogP contribution < -0.4 is 10.6 Å². The zero-order chi connectivity index (χ0) is 11.7. The van der Waals surface area contributed by atoms with Crippen LogP contribution in [0.4, 0.5) is 10.5 Å². The molecule has 0 radical (unpaired) electrons. The van der Waals surface area contributed by atoms with Crippen molar-refractivity contribution in [3.05, 3.63) is 29.8 Å². The smallest absolute Gasteiger partial charge is 0.414 e. The van der Waals surface area contributed by atoms with Crippen LogP contribution in [-0.2, 0) is 4.74 Å². The molecule has 0 saturated carbocycles. The van der Waals surface area contributed by atoms with Crippen molar-refractivity contribution in [2.75, 3.05) is 11.5 Å². The van der Waals surface area contributed by atoms with Crippen molar-refractivity contribution >= 4 is 17.7 Å². The molecule has 0 spiro atoms. The number of cyclic esters (lactones) is 1. The molecule has 5 nitrogen and oxygen atoms in total. The Bertz CT molecular complexity index is 445. The molecule has 1 heterocycles. The summed E-state index contributed by atoms with van der Waals surface area (Å²) in [5, 5.41) is 0. The number of carbonyl (C=O) groups is 2. The first-order valence-electron chi connectivity index (χ1n) is 4.96. The SMILES string of the molecule is C[C@H]1COC(=O)N1c1ccccc1C(N)=O. The average Bonchev–Trinajstić information content (AvgIpc) is 2.58. The van der Waals surface area contributed by atoms with E-state index in [0.29, 0.717) is 17.9 Å². The van der Waals surface area contributed by atoms with Crippen LogP contribution in [0.5, 0.6) is 0 Å². The molecule has 2 rings (SSSR count). The van der Waals surface area contributed by atoms with Gasteiger partial charge in [0.05, 0.1) is 17.3 Å². The number of para-hydroxylation sites is 1. The van der Waals surface area contributed by atoms with Crippen molar-refractivity contribution in [3.63, 3.8) is 0 Å². The molecule has 2 amide bonds. The first-order chi connectivity index (χ1) is 7.61. The van der Waals surface area contributed by atoms with Gasteiger partial charge in [0.1, 0.15) is 6.61 Å². The van der Waals surface area contributed by atoms with Crippen LogP contribution in [0, 0.1) is 0 Å². The summed E-state index contributed by atoms with van der Waals surface area (Å²) < 4.78 is 4.90. The fraction of sp³-hybridized carbons (Fsp3) is 0.273. The predicted molar refractivity (Wildman–Crippen MR) is 58.2 cm³/mol. The Morgan fingerprint density at radius 3 is 2.75 bits per heavy atom. The van der Waals surface area contributed by atoms with E-state index in [2.05, 4.69) is 0 Å². The van der Waals surface area contributed by atoms with Crippen molar-refractivity contribution in [3.8, 4) is 0 Å². The van der Waals surface area contributed by atoms with Gasteiger partial charge in [0, 0.05) is 0 Å². The van der Waals surface area contributed by atoms with Gasteiger partial charge in [-0.2, -0.15) is 0 Å². The fourth-order valence-corrected chi connectivity index (χ4v) is 1.74. The van der Waals surface area contributed by atoms with Crippen molar-refractivity contribution in [1.29, 1.82) is 0 Å². The van der Waals surface area contributed by atoms with E-state index in [4.69, 9.17) is 10.5 Å². The largest absolute Gasteiger partial charge is 0.447 e. The maximum atomic E-state index is 11.5. The number of ether oxygens (including phenoxy) is 1. The first-order valence-corrected chi connectivity index (χ1v) is 4.96. The van der Waals surface area contributed by atoms with Crippen LogP contribution in [-0.4, -0.2) is 24.6 Å². The van der Waals surface area contributed by atoms with Gasteiger partial charge in [0.25, 0.3) is 5.91 Å². The lowest BCUT2D eigenvalue weighted by Gasteiger charge is -2.20. The lowest BCUT2D eigenvalue weighted by Crippen LogP contribution is -2.33. The fourth-order valence-electron chi connectivity index (χ4n) is 1.74. The molecule has 84 valence electrons. The van der Waals surface area contributed by atoms with Crippen molar-refractivity contribution < 1.29 is 14.3 Å². The highest BCUT2D eigenvalue weighted by Crippen LogP contribution is 2.26. The number of nitrogens with zero attached hydrogens (tertiary/aromatic N) is 1. The third kappa shape index (κ3) is 1.60. The third-order valence-electron chi connectivity index (χ3n) is 2.51. The van der Waals surface area contributed by atoms with E-state index in [1.165, 1.54) is 4.90 Å². The summed E-state index contributed by atoms with van der Waals surface area (Å²) in [6.45, 7) is 2.18. The number of rotatable bonds is 2. The van der Waals surface area contributed by atoms with E-state index in [1.807, 2.05) is 6.92 Å². The molecule has 1 aromatic carbocycles. The molecular formula is C11H12N2O3. The van der Waals surface area contributed by atoms with Crippen molar-refractivity contribution in [2.24, 2.45) is 5.73 Å². The molecule has 0 aromatic heterocycles. The van der Waals surface area contributed by atoms with Gasteiger partial charge < -0.3 is 10.5 Å². The number of nitrogens with two attached hydrogens (primary N) is 1. The van der Waals surface area contributed by atoms with Crippen LogP contribution in [0.25, 0.3) is 0 Å². The highest BCUT2D eigenvalue weighted by molar-refractivity contribution is 6.03. The van der Waals surface area contributed by atoms with Crippen LogP contribution in [0.15, 0.2) is 24.3 Å². The standard InChI is InChI=1S/C11H12N2O3/c1-7-6-16-11(15)13(7)9-5-3-2-4-8(9)10(12)14/h2-5,7H,6H2,1H3,(H2,12,14)/t7-/m0/s1. The number of benzene rings is 1. The predicted octanol–water partition coefficient (Wildman–Crippen LogP) is 1.13. The van der Waals surface area contributed by atoms with E-state index in [-0.39, 0.29) is 6.04 Å². The Kier molecular flexibility index (Phi) is 2.52. The molecule has 0 unspecified atom stereocenters. The van der Waals surface area contributed by atoms with Gasteiger partial charge >= 0.3 is 6.09 Å². The molecular weight excluding hydrogens is 208 g/mol. The molecule has 0 aliphatic carbocycles. The second kappa shape index (κ2) is 3.84. The number of primary amides is 1. The van der Waals surface area contributed by atoms with E-state index in [0.717, 1.165) is 0 Å². The normalized spacial score (nSPS) is 19.7. The van der Waals surface area contributed by atoms with Gasteiger partial charge in [0.2, 0.25) is 0 Å². The van der Waals surface area contributed by atoms with E-state index >= 15 is 0 Å². The van der Waals surface area contributed by atoms with Crippen molar-refractivity contribution in [1.82, 2.24) is 0 Å². The quantitative estimate of drug-likeness (QED) is 0.812. The molecule has 2 N–H and O–H groups in total. The zero-order valence-electron chi connectivity index (χ0n) is 8.84. The molecule has 0 bridgehead atoms. The van der Waals surface area contributed by atoms with Gasteiger partial charge in [0.15, 0.2) is 0 Å². The summed E-state index contributed by atoms with van der Waals surface area (Å²) in [4.78, 5) is 24.2. The average molecular weight is 220 g/mol. The summed E-state index contributed by atoms with van der Waals surface area (Å²) in [5.74, 6) is -0.553. The van der Waals surface area contributed by atoms with Crippen LogP contribution in [0.1, 0.15) is 17.3 Å². The van der Waals surface area contributed by atoms with Gasteiger partial charge in [-0.3, -0.25) is 9.69 Å². The Morgan fingerprint density at radius 1 is 1.50 bits per heavy atom. The molecule has 16 heavy (non-hydrogen) atoms. The number of hydrogen-bond donors (Lipinski definition) is 1. The van der Waals surface area contributed by atoms with Gasteiger partial charge in [-0.15, -0.1) is 0 Å². The number of hydrogen-bond acceptors (Lipinski definition) is 3. The molecule has 1 atom stereocenters. The van der Waals surface area contributed by atoms with Gasteiger partial charge in [-0.25, -0.2) is 4.79 Å². The number of carbonyl (C=O) groups excluding carboxylic acids is 2. The highest BCUT2D eigenvalue weighted by Gasteiger charge is 2.32. The summed E-state index contributed by atoms with van der Waals surface area (Å²) in [6, 6.07) is 6.64. The Morgan fingerprint density at radius 2 is 2.19 bits per heavy atom. The second-order valence-corrected chi connectivity index (χ2v) is 3.68. The summed E-state index contributed by atoms with van der Waals surface area (Å²) in [7, 11) is 0. The molecule has 1 fully saturated rings. The lowest BCUT2D eigenvalue weighted by atomic mass is 10.1. The molecule has 5 heteroatoms. The van der Waals surface area contributed by atoms with Gasteiger partial charge in [-0.1, -0.05) is 12.1 Å². The topological polar surface area (TPSA) is 72.6 Å². The van der Waals surface area contributed by atoms with Crippen LogP contribution >= 0.6 is 0 Å². The summed E-state index contributed by atoms with van der Waals surface area (Å²) in [5.41, 5.74) is 6.09. The highest BCUT2D eigenvalue weighted by atomic mass is 16.6. The van der Waals surface area contributed by atoms with E-state index in [1.54, 1.807) is 24.3 Å². The number of anilines is 1. The zero-order valence-corrected chi connectivity index (χ0v) is 8.84. The van der Waals surface area contributed by atoms with E-state index in [9.17, 15) is 9.59 Å². The summed E-state index contributed by atoms with van der Waals surface area (Å²) >= 11 is 0. The van der Waals surface area contributed by atoms with E-state index < -0.39 is 12.0 Å². The maximum absolute atomic E-state index is 11.5. The Hall–Kier alpha value is -2.04. The third-order valence-corrected chi connectivity index (χ3v) is 2.51. The monoisotopic (exact) mass is 220 g/mol. The minimum absolute atomic E-state index is 0.0898. The lowest BCUT2D eigenvalue weighted by molar-refractivity contribution is 0.100. The van der Waals surface area contributed by atoms with Crippen LogP contribution in [0.3, 0.4) is 0 Å². The van der Waals surface area contributed by atoms with Gasteiger partial charge in [-0.05, 0) is 19.1 Å². The Labute approximate surface area is 92.8 Å². The molecule has 1 aliphatic rings. The molecule has 1 saturated heterocycles. The maximum Gasteiger partial charge on any atom is 0.414 e. The minimum Gasteiger partial charge on any atom is -0.447 e. The number of amides is 2. The molecule has 1 aliphatic heterocycles. The van der Waals surface area contributed by atoms with Crippen LogP contribution in [0.2, 0.25) is 0 Å². The minimum atomic E-state index is -0.553. The summed E-state index contributed by atoms with van der Waals surface area (Å²) in [6.07, 6.45) is -0.443. The second-order valence-electron chi connectivity index (χ2n) is 3.68.